The Hall–Kier alpha value is -1.96. The van der Waals surface area contributed by atoms with Crippen molar-refractivity contribution in [3.63, 3.8) is 0 Å². The van der Waals surface area contributed by atoms with Gasteiger partial charge < -0.3 is 5.73 Å². The lowest BCUT2D eigenvalue weighted by Crippen LogP contribution is -1.88. The third-order valence-corrected chi connectivity index (χ3v) is 1.10. The zero-order valence-corrected chi connectivity index (χ0v) is 7.60. The van der Waals surface area contributed by atoms with Gasteiger partial charge in [-0.2, -0.15) is 0 Å². The maximum absolute atomic E-state index is 10.1. The van der Waals surface area contributed by atoms with Crippen molar-refractivity contribution >= 4 is 22.0 Å². The van der Waals surface area contributed by atoms with Gasteiger partial charge in [0.15, 0.2) is 0 Å². The monoisotopic (exact) mass is 218 g/mol. The van der Waals surface area contributed by atoms with E-state index in [9.17, 15) is 10.1 Å². The molecule has 0 bridgehead atoms. The Morgan fingerprint density at radius 2 is 1.50 bits per heavy atom. The second-order valence-electron chi connectivity index (χ2n) is 2.05. The fourth-order valence-electron chi connectivity index (χ4n) is 0.596. The highest BCUT2D eigenvalue weighted by Crippen LogP contribution is 2.11. The summed E-state index contributed by atoms with van der Waals surface area (Å²) in [6.45, 7) is 0. The SMILES string of the molecule is Nc1ccc([N+](=O)[O-])cc1.O=S(=O)=O. The molecule has 0 saturated heterocycles. The molecule has 7 nitrogen and oxygen atoms in total. The highest BCUT2D eigenvalue weighted by atomic mass is 32.2. The summed E-state index contributed by atoms with van der Waals surface area (Å²) in [6.07, 6.45) is 0. The van der Waals surface area contributed by atoms with Gasteiger partial charge in [0.25, 0.3) is 5.69 Å². The van der Waals surface area contributed by atoms with Gasteiger partial charge in [-0.05, 0) is 12.1 Å². The van der Waals surface area contributed by atoms with Crippen LogP contribution in [0.25, 0.3) is 0 Å². The smallest absolute Gasteiger partial charge is 0.399 e. The number of nitrogens with two attached hydrogens (primary N) is 1. The van der Waals surface area contributed by atoms with Crippen LogP contribution >= 0.6 is 0 Å². The predicted octanol–water partition coefficient (Wildman–Crippen LogP) is 0.173. The van der Waals surface area contributed by atoms with Gasteiger partial charge in [0, 0.05) is 17.8 Å². The molecule has 0 fully saturated rings. The van der Waals surface area contributed by atoms with Gasteiger partial charge in [-0.25, -0.2) is 0 Å². The summed E-state index contributed by atoms with van der Waals surface area (Å²) in [7, 11) is -3.11. The Morgan fingerprint density at radius 3 is 1.79 bits per heavy atom. The Bertz CT molecular complexity index is 402. The van der Waals surface area contributed by atoms with Crippen molar-refractivity contribution in [3.05, 3.63) is 34.4 Å². The molecule has 2 N–H and O–H groups in total. The molecule has 1 aromatic rings. The molecule has 0 saturated carbocycles. The lowest BCUT2D eigenvalue weighted by atomic mass is 10.3. The first kappa shape index (κ1) is 12.0. The van der Waals surface area contributed by atoms with Crippen molar-refractivity contribution in [2.75, 3.05) is 5.73 Å². The highest BCUT2D eigenvalue weighted by molar-refractivity contribution is 7.59. The van der Waals surface area contributed by atoms with E-state index in [4.69, 9.17) is 18.4 Å². The first-order chi connectivity index (χ1) is 6.43. The van der Waals surface area contributed by atoms with Crippen LogP contribution in [-0.2, 0) is 10.6 Å². The molecule has 14 heavy (non-hydrogen) atoms. The number of rotatable bonds is 1. The van der Waals surface area contributed by atoms with Crippen LogP contribution < -0.4 is 5.73 Å². The Balaban J connectivity index is 0.000000364. The summed E-state index contributed by atoms with van der Waals surface area (Å²) in [5.41, 5.74) is 5.90. The molecule has 0 atom stereocenters. The molecule has 0 aromatic heterocycles. The number of nitro benzene ring substituents is 1. The van der Waals surface area contributed by atoms with Gasteiger partial charge in [0.05, 0.1) is 4.92 Å². The number of hydrogen-bond donors (Lipinski definition) is 1. The number of benzene rings is 1. The number of nitro groups is 1. The quantitative estimate of drug-likeness (QED) is 0.407. The van der Waals surface area contributed by atoms with Gasteiger partial charge in [-0.1, -0.05) is 0 Å². The van der Waals surface area contributed by atoms with Crippen LogP contribution in [0.15, 0.2) is 24.3 Å². The van der Waals surface area contributed by atoms with E-state index in [1.54, 1.807) is 0 Å². The first-order valence-electron chi connectivity index (χ1n) is 3.20. The summed E-state index contributed by atoms with van der Waals surface area (Å²) in [6, 6.07) is 5.74. The maximum atomic E-state index is 10.1. The second-order valence-corrected chi connectivity index (χ2v) is 2.46. The summed E-state index contributed by atoms with van der Waals surface area (Å²) >= 11 is 0. The van der Waals surface area contributed by atoms with Gasteiger partial charge in [0.2, 0.25) is 0 Å². The Labute approximate surface area is 80.4 Å². The molecule has 8 heteroatoms. The van der Waals surface area contributed by atoms with E-state index >= 15 is 0 Å². The molecule has 0 aliphatic carbocycles. The summed E-state index contributed by atoms with van der Waals surface area (Å²) < 4.78 is 25.3. The summed E-state index contributed by atoms with van der Waals surface area (Å²) in [4.78, 5) is 9.62. The molecule has 76 valence electrons. The average Bonchev–Trinajstić information content (AvgIpc) is 2.03. The van der Waals surface area contributed by atoms with Crippen molar-refractivity contribution in [2.45, 2.75) is 0 Å². The van der Waals surface area contributed by atoms with E-state index in [2.05, 4.69) is 0 Å². The molecule has 0 amide bonds. The minimum absolute atomic E-state index is 0.0641. The van der Waals surface area contributed by atoms with Crippen LogP contribution in [0, 0.1) is 10.1 Å². The molecule has 0 radical (unpaired) electrons. The van der Waals surface area contributed by atoms with Crippen LogP contribution in [0.2, 0.25) is 0 Å². The van der Waals surface area contributed by atoms with E-state index in [1.165, 1.54) is 24.3 Å². The Kier molecular flexibility index (Phi) is 4.86. The topological polar surface area (TPSA) is 120 Å². The number of non-ortho nitro benzene ring substituents is 1. The Morgan fingerprint density at radius 1 is 1.14 bits per heavy atom. The summed E-state index contributed by atoms with van der Waals surface area (Å²) in [5, 5.41) is 10.1. The lowest BCUT2D eigenvalue weighted by Gasteiger charge is -1.90. The molecule has 0 aliphatic rings. The van der Waals surface area contributed by atoms with Crippen LogP contribution in [0.4, 0.5) is 11.4 Å². The number of nitrogens with zero attached hydrogens (tertiary/aromatic N) is 1. The molecule has 0 aliphatic heterocycles. The zero-order chi connectivity index (χ0) is 11.1. The van der Waals surface area contributed by atoms with Gasteiger partial charge in [-0.3, -0.25) is 10.1 Å². The zero-order valence-electron chi connectivity index (χ0n) is 6.78. The van der Waals surface area contributed by atoms with E-state index < -0.39 is 15.5 Å². The number of anilines is 1. The van der Waals surface area contributed by atoms with Gasteiger partial charge in [0.1, 0.15) is 0 Å². The van der Waals surface area contributed by atoms with Crippen molar-refractivity contribution < 1.29 is 17.6 Å². The normalized spacial score (nSPS) is 8.29. The fourth-order valence-corrected chi connectivity index (χ4v) is 0.596. The van der Waals surface area contributed by atoms with Crippen LogP contribution in [-0.4, -0.2) is 17.6 Å². The van der Waals surface area contributed by atoms with E-state index in [1.807, 2.05) is 0 Å². The van der Waals surface area contributed by atoms with Crippen LogP contribution in [0.3, 0.4) is 0 Å². The molecule has 0 spiro atoms. The third kappa shape index (κ3) is 5.66. The molecular weight excluding hydrogens is 212 g/mol. The first-order valence-corrected chi connectivity index (χ1v) is 4.20. The van der Waals surface area contributed by atoms with E-state index in [0.29, 0.717) is 5.69 Å². The standard InChI is InChI=1S/C6H6N2O2.O3S/c7-5-1-3-6(4-2-5)8(9)10;1-4(2)3/h1-4H,7H2;. The van der Waals surface area contributed by atoms with E-state index in [0.717, 1.165) is 0 Å². The van der Waals surface area contributed by atoms with Gasteiger partial charge >= 0.3 is 10.6 Å². The number of nitrogen functional groups attached to an aromatic ring is 1. The second kappa shape index (κ2) is 5.65. The van der Waals surface area contributed by atoms with Crippen molar-refractivity contribution in [3.8, 4) is 0 Å². The van der Waals surface area contributed by atoms with Crippen molar-refractivity contribution in [1.82, 2.24) is 0 Å². The molecule has 1 aromatic carbocycles. The largest absolute Gasteiger partial charge is 0.425 e. The predicted molar refractivity (Wildman–Crippen MR) is 47.2 cm³/mol. The maximum Gasteiger partial charge on any atom is 0.425 e. The van der Waals surface area contributed by atoms with Gasteiger partial charge in [-0.15, -0.1) is 12.6 Å². The fraction of sp³-hybridized carbons (Fsp3) is 0. The average molecular weight is 218 g/mol. The van der Waals surface area contributed by atoms with Crippen LogP contribution in [0.1, 0.15) is 0 Å². The highest BCUT2D eigenvalue weighted by Gasteiger charge is 2.00. The minimum Gasteiger partial charge on any atom is -0.399 e. The van der Waals surface area contributed by atoms with Crippen molar-refractivity contribution in [1.29, 1.82) is 0 Å². The summed E-state index contributed by atoms with van der Waals surface area (Å²) in [5.74, 6) is 0. The van der Waals surface area contributed by atoms with Crippen molar-refractivity contribution in [2.24, 2.45) is 0 Å². The lowest BCUT2D eigenvalue weighted by molar-refractivity contribution is -0.384. The molecule has 0 unspecified atom stereocenters. The third-order valence-electron chi connectivity index (χ3n) is 1.10. The molecule has 1 rings (SSSR count). The minimum atomic E-state index is -3.11. The molecular formula is C6H6N2O5S. The van der Waals surface area contributed by atoms with E-state index in [-0.39, 0.29) is 5.69 Å². The number of hydrogen-bond acceptors (Lipinski definition) is 6. The van der Waals surface area contributed by atoms with Crippen LogP contribution in [0.5, 0.6) is 0 Å². The molecule has 0 heterocycles.